The van der Waals surface area contributed by atoms with Crippen molar-refractivity contribution in [1.29, 1.82) is 0 Å². The molecular formula is C23H35IN4O. The lowest BCUT2D eigenvalue weighted by Crippen LogP contribution is -2.42. The van der Waals surface area contributed by atoms with E-state index in [4.69, 9.17) is 4.74 Å². The van der Waals surface area contributed by atoms with Crippen molar-refractivity contribution in [3.63, 3.8) is 0 Å². The lowest BCUT2D eigenvalue weighted by Gasteiger charge is -2.18. The Morgan fingerprint density at radius 2 is 1.79 bits per heavy atom. The van der Waals surface area contributed by atoms with E-state index in [2.05, 4.69) is 69.9 Å². The zero-order valence-electron chi connectivity index (χ0n) is 18.0. The van der Waals surface area contributed by atoms with E-state index in [1.807, 2.05) is 26.2 Å². The van der Waals surface area contributed by atoms with Gasteiger partial charge in [-0.15, -0.1) is 24.0 Å². The molecule has 0 fully saturated rings. The van der Waals surface area contributed by atoms with Crippen molar-refractivity contribution in [2.45, 2.75) is 32.4 Å². The molecule has 0 aliphatic rings. The van der Waals surface area contributed by atoms with Crippen LogP contribution in [-0.4, -0.2) is 51.2 Å². The fourth-order valence-electron chi connectivity index (χ4n) is 2.81. The number of halogens is 1. The third-order valence-electron chi connectivity index (χ3n) is 4.48. The van der Waals surface area contributed by atoms with Crippen molar-refractivity contribution in [2.24, 2.45) is 4.99 Å². The van der Waals surface area contributed by atoms with Gasteiger partial charge in [0.15, 0.2) is 5.96 Å². The average Bonchev–Trinajstić information content (AvgIpc) is 2.70. The minimum absolute atomic E-state index is 0. The highest BCUT2D eigenvalue weighted by Crippen LogP contribution is 2.13. The first kappa shape index (κ1) is 25.2. The lowest BCUT2D eigenvalue weighted by atomic mass is 10.1. The topological polar surface area (TPSA) is 48.9 Å². The fraction of sp³-hybridized carbons (Fsp3) is 0.435. The van der Waals surface area contributed by atoms with Crippen LogP contribution < -0.4 is 15.4 Å². The van der Waals surface area contributed by atoms with Gasteiger partial charge in [-0.3, -0.25) is 4.99 Å². The summed E-state index contributed by atoms with van der Waals surface area (Å²) in [4.78, 5) is 6.46. The zero-order valence-corrected chi connectivity index (χ0v) is 20.4. The average molecular weight is 510 g/mol. The molecule has 2 aromatic carbocycles. The van der Waals surface area contributed by atoms with Gasteiger partial charge in [-0.2, -0.15) is 0 Å². The number of likely N-dealkylation sites (N-methyl/N-ethyl adjacent to an activating group) is 1. The summed E-state index contributed by atoms with van der Waals surface area (Å²) in [6.07, 6.45) is 2.11. The van der Waals surface area contributed by atoms with E-state index in [9.17, 15) is 0 Å². The van der Waals surface area contributed by atoms with Crippen molar-refractivity contribution in [2.75, 3.05) is 34.3 Å². The summed E-state index contributed by atoms with van der Waals surface area (Å²) in [5, 5.41) is 6.86. The zero-order chi connectivity index (χ0) is 20.2. The number of nitrogens with one attached hydrogen (secondary N) is 2. The second-order valence-electron chi connectivity index (χ2n) is 7.29. The van der Waals surface area contributed by atoms with E-state index in [1.165, 1.54) is 11.1 Å². The second kappa shape index (κ2) is 14.2. The number of benzene rings is 2. The van der Waals surface area contributed by atoms with Crippen molar-refractivity contribution in [3.8, 4) is 5.75 Å². The summed E-state index contributed by atoms with van der Waals surface area (Å²) in [5.74, 6) is 1.72. The number of aryl methyl sites for hydroxylation is 1. The molecule has 0 aromatic heterocycles. The predicted molar refractivity (Wildman–Crippen MR) is 133 cm³/mol. The normalized spacial score (nSPS) is 12.2. The quantitative estimate of drug-likeness (QED) is 0.289. The highest BCUT2D eigenvalue weighted by atomic mass is 127. The van der Waals surface area contributed by atoms with Gasteiger partial charge in [-0.25, -0.2) is 0 Å². The van der Waals surface area contributed by atoms with E-state index in [0.29, 0.717) is 19.2 Å². The van der Waals surface area contributed by atoms with Gasteiger partial charge in [0.25, 0.3) is 0 Å². The molecular weight excluding hydrogens is 475 g/mol. The molecule has 0 radical (unpaired) electrons. The SMILES string of the molecule is CN=C(NCc1cccc(OCCN(C)C)c1)NC(C)CCc1ccccc1.I. The molecule has 2 N–H and O–H groups in total. The Morgan fingerprint density at radius 1 is 1.07 bits per heavy atom. The summed E-state index contributed by atoms with van der Waals surface area (Å²) < 4.78 is 5.81. The molecule has 0 amide bonds. The summed E-state index contributed by atoms with van der Waals surface area (Å²) in [6, 6.07) is 19.1. The lowest BCUT2D eigenvalue weighted by molar-refractivity contribution is 0.261. The maximum absolute atomic E-state index is 5.81. The summed E-state index contributed by atoms with van der Waals surface area (Å²) in [5.41, 5.74) is 2.53. The van der Waals surface area contributed by atoms with Crippen molar-refractivity contribution >= 4 is 29.9 Å². The number of hydrogen-bond acceptors (Lipinski definition) is 3. The minimum Gasteiger partial charge on any atom is -0.492 e. The van der Waals surface area contributed by atoms with Crippen LogP contribution in [0.25, 0.3) is 0 Å². The molecule has 0 aliphatic heterocycles. The molecule has 0 bridgehead atoms. The molecule has 1 atom stereocenters. The fourth-order valence-corrected chi connectivity index (χ4v) is 2.81. The number of hydrogen-bond donors (Lipinski definition) is 2. The predicted octanol–water partition coefficient (Wildman–Crippen LogP) is 3.93. The number of rotatable bonds is 10. The highest BCUT2D eigenvalue weighted by Gasteiger charge is 2.06. The molecule has 5 nitrogen and oxygen atoms in total. The molecule has 0 spiro atoms. The first-order chi connectivity index (χ1) is 13.6. The van der Waals surface area contributed by atoms with Crippen molar-refractivity contribution in [3.05, 3.63) is 65.7 Å². The van der Waals surface area contributed by atoms with E-state index in [1.54, 1.807) is 7.05 Å². The van der Waals surface area contributed by atoms with Gasteiger partial charge < -0.3 is 20.3 Å². The number of aliphatic imine (C=N–C) groups is 1. The van der Waals surface area contributed by atoms with Gasteiger partial charge in [-0.1, -0.05) is 42.5 Å². The summed E-state index contributed by atoms with van der Waals surface area (Å²) in [7, 11) is 5.90. The van der Waals surface area contributed by atoms with Gasteiger partial charge in [0.2, 0.25) is 0 Å². The number of guanidine groups is 1. The molecule has 0 saturated heterocycles. The summed E-state index contributed by atoms with van der Waals surface area (Å²) >= 11 is 0. The third kappa shape index (κ3) is 10.5. The summed E-state index contributed by atoms with van der Waals surface area (Å²) in [6.45, 7) is 4.48. The smallest absolute Gasteiger partial charge is 0.191 e. The van der Waals surface area contributed by atoms with E-state index < -0.39 is 0 Å². The maximum Gasteiger partial charge on any atom is 0.191 e. The molecule has 0 saturated carbocycles. The van der Waals surface area contributed by atoms with Gasteiger partial charge in [0.1, 0.15) is 12.4 Å². The van der Waals surface area contributed by atoms with Crippen LogP contribution in [0.2, 0.25) is 0 Å². The number of ether oxygens (including phenoxy) is 1. The second-order valence-corrected chi connectivity index (χ2v) is 7.29. The Bertz CT molecular complexity index is 722. The van der Waals surface area contributed by atoms with Crippen LogP contribution in [0.5, 0.6) is 5.75 Å². The Morgan fingerprint density at radius 3 is 2.48 bits per heavy atom. The van der Waals surface area contributed by atoms with Crippen LogP contribution in [0.3, 0.4) is 0 Å². The van der Waals surface area contributed by atoms with Gasteiger partial charge in [-0.05, 0) is 57.1 Å². The first-order valence-electron chi connectivity index (χ1n) is 9.94. The highest BCUT2D eigenvalue weighted by molar-refractivity contribution is 14.0. The van der Waals surface area contributed by atoms with Crippen LogP contribution >= 0.6 is 24.0 Å². The van der Waals surface area contributed by atoms with Gasteiger partial charge in [0, 0.05) is 26.2 Å². The van der Waals surface area contributed by atoms with Crippen molar-refractivity contribution < 1.29 is 4.74 Å². The van der Waals surface area contributed by atoms with Crippen molar-refractivity contribution in [1.82, 2.24) is 15.5 Å². The van der Waals surface area contributed by atoms with E-state index >= 15 is 0 Å². The van der Waals surface area contributed by atoms with Gasteiger partial charge in [0.05, 0.1) is 0 Å². The first-order valence-corrected chi connectivity index (χ1v) is 9.94. The molecule has 2 rings (SSSR count). The molecule has 0 aliphatic carbocycles. The van der Waals surface area contributed by atoms with Crippen LogP contribution in [0, 0.1) is 0 Å². The Balaban J connectivity index is 0.00000420. The molecule has 2 aromatic rings. The monoisotopic (exact) mass is 510 g/mol. The molecule has 160 valence electrons. The Labute approximate surface area is 193 Å². The standard InChI is InChI=1S/C23H34N4O.HI/c1-19(13-14-20-9-6-5-7-10-20)26-23(24-2)25-18-21-11-8-12-22(17-21)28-16-15-27(3)4;/h5-12,17,19H,13-16,18H2,1-4H3,(H2,24,25,26);1H. The maximum atomic E-state index is 5.81. The number of nitrogens with zero attached hydrogens (tertiary/aromatic N) is 2. The van der Waals surface area contributed by atoms with Crippen LogP contribution in [-0.2, 0) is 13.0 Å². The van der Waals surface area contributed by atoms with Gasteiger partial charge >= 0.3 is 0 Å². The molecule has 1 unspecified atom stereocenters. The van der Waals surface area contributed by atoms with Crippen LogP contribution in [0.1, 0.15) is 24.5 Å². The van der Waals surface area contributed by atoms with Crippen LogP contribution in [0.4, 0.5) is 0 Å². The third-order valence-corrected chi connectivity index (χ3v) is 4.48. The van der Waals surface area contributed by atoms with E-state index in [0.717, 1.165) is 31.1 Å². The molecule has 29 heavy (non-hydrogen) atoms. The molecule has 6 heteroatoms. The Hall–Kier alpha value is -1.80. The largest absolute Gasteiger partial charge is 0.492 e. The van der Waals surface area contributed by atoms with Crippen LogP contribution in [0.15, 0.2) is 59.6 Å². The molecule has 0 heterocycles. The van der Waals surface area contributed by atoms with E-state index in [-0.39, 0.29) is 24.0 Å². The minimum atomic E-state index is 0. The Kier molecular flexibility index (Phi) is 12.4.